The number of rotatable bonds is 2. The lowest BCUT2D eigenvalue weighted by molar-refractivity contribution is 0.0218. The number of carbonyl (C=O) groups excluding carboxylic acids is 1. The number of ether oxygens (including phenoxy) is 1. The molecule has 1 aliphatic heterocycles. The van der Waals surface area contributed by atoms with Crippen molar-refractivity contribution in [2.24, 2.45) is 0 Å². The molecule has 8 heteroatoms. The van der Waals surface area contributed by atoms with Gasteiger partial charge in [-0.2, -0.15) is 0 Å². The minimum absolute atomic E-state index is 0.105. The molecule has 2 N–H and O–H groups in total. The summed E-state index contributed by atoms with van der Waals surface area (Å²) in [5.74, 6) is 1.35. The van der Waals surface area contributed by atoms with Gasteiger partial charge in [-0.25, -0.2) is 14.5 Å². The highest BCUT2D eigenvalue weighted by atomic mass is 16.6. The van der Waals surface area contributed by atoms with E-state index in [0.29, 0.717) is 25.5 Å². The molecule has 8 nitrogen and oxygen atoms in total. The van der Waals surface area contributed by atoms with Gasteiger partial charge in [-0.1, -0.05) is 12.1 Å². The van der Waals surface area contributed by atoms with Gasteiger partial charge in [0.25, 0.3) is 0 Å². The van der Waals surface area contributed by atoms with Crippen LogP contribution in [-0.2, 0) is 4.74 Å². The average molecular weight is 409 g/mol. The lowest BCUT2D eigenvalue weighted by atomic mass is 10.2. The zero-order valence-electron chi connectivity index (χ0n) is 17.9. The molecule has 1 aliphatic rings. The first-order valence-electron chi connectivity index (χ1n) is 10.2. The predicted molar refractivity (Wildman–Crippen MR) is 118 cm³/mol. The number of hydrogen-bond acceptors (Lipinski definition) is 6. The van der Waals surface area contributed by atoms with E-state index in [-0.39, 0.29) is 12.1 Å². The number of nitrogen functional groups attached to an aromatic ring is 1. The molecule has 0 unspecified atom stereocenters. The summed E-state index contributed by atoms with van der Waals surface area (Å²) in [6, 6.07) is 11.9. The normalized spacial score (nSPS) is 17.4. The molecule has 0 saturated carbocycles. The number of amides is 1. The Morgan fingerprint density at radius 1 is 1.20 bits per heavy atom. The van der Waals surface area contributed by atoms with Crippen molar-refractivity contribution in [3.63, 3.8) is 0 Å². The maximum Gasteiger partial charge on any atom is 0.410 e. The summed E-state index contributed by atoms with van der Waals surface area (Å²) in [5.41, 5.74) is 7.45. The third kappa shape index (κ3) is 3.90. The molecular formula is C22H28N6O2. The Balaban J connectivity index is 1.55. The van der Waals surface area contributed by atoms with Crippen LogP contribution in [0.25, 0.3) is 16.6 Å². The Hall–Kier alpha value is -3.29. The third-order valence-corrected chi connectivity index (χ3v) is 5.16. The maximum absolute atomic E-state index is 12.4. The number of anilines is 2. The Morgan fingerprint density at radius 3 is 2.70 bits per heavy atom. The van der Waals surface area contributed by atoms with Crippen LogP contribution in [0.2, 0.25) is 0 Å². The molecule has 4 rings (SSSR count). The number of nitrogens with zero attached hydrogens (tertiary/aromatic N) is 5. The Kier molecular flexibility index (Phi) is 5.01. The van der Waals surface area contributed by atoms with Gasteiger partial charge in [0, 0.05) is 43.3 Å². The molecule has 158 valence electrons. The molecule has 1 amide bonds. The number of fused-ring (bicyclic) bond motifs is 1. The second-order valence-electron chi connectivity index (χ2n) is 8.66. The van der Waals surface area contributed by atoms with Crippen LogP contribution >= 0.6 is 0 Å². The van der Waals surface area contributed by atoms with Crippen molar-refractivity contribution in [2.75, 3.05) is 30.3 Å². The van der Waals surface area contributed by atoms with E-state index >= 15 is 0 Å². The highest BCUT2D eigenvalue weighted by Gasteiger charge is 2.30. The van der Waals surface area contributed by atoms with Crippen LogP contribution < -0.4 is 10.6 Å². The van der Waals surface area contributed by atoms with Crippen molar-refractivity contribution >= 4 is 28.6 Å². The van der Waals surface area contributed by atoms with Crippen molar-refractivity contribution in [1.82, 2.24) is 19.7 Å². The van der Waals surface area contributed by atoms with Gasteiger partial charge in [0.05, 0.1) is 11.2 Å². The van der Waals surface area contributed by atoms with E-state index in [1.165, 1.54) is 0 Å². The van der Waals surface area contributed by atoms with Gasteiger partial charge in [-0.3, -0.25) is 0 Å². The van der Waals surface area contributed by atoms with Crippen LogP contribution in [0.15, 0.2) is 42.6 Å². The molecule has 3 heterocycles. The fourth-order valence-electron chi connectivity index (χ4n) is 3.77. The molecule has 1 saturated heterocycles. The molecule has 30 heavy (non-hydrogen) atoms. The smallest absolute Gasteiger partial charge is 0.410 e. The van der Waals surface area contributed by atoms with E-state index in [1.807, 2.05) is 61.9 Å². The van der Waals surface area contributed by atoms with Gasteiger partial charge >= 0.3 is 6.09 Å². The largest absolute Gasteiger partial charge is 0.444 e. The van der Waals surface area contributed by atoms with Gasteiger partial charge in [0.15, 0.2) is 5.82 Å². The topological polar surface area (TPSA) is 89.5 Å². The standard InChI is InChI=1S/C22H28N6O2/c1-15-14-26(21(29)30-22(2,3)4)11-12-27(15)19-13-16(9-10-24-19)28-18-8-6-5-7-17(18)20(23)25-28/h5-10,13,15H,11-12,14H2,1-4H3,(H2,23,25)/t15-/m0/s1. The van der Waals surface area contributed by atoms with Crippen molar-refractivity contribution in [1.29, 1.82) is 0 Å². The molecule has 0 bridgehead atoms. The summed E-state index contributed by atoms with van der Waals surface area (Å²) in [4.78, 5) is 21.0. The summed E-state index contributed by atoms with van der Waals surface area (Å²) in [6.07, 6.45) is 1.51. The average Bonchev–Trinajstić information content (AvgIpc) is 3.04. The monoisotopic (exact) mass is 408 g/mol. The number of pyridine rings is 1. The van der Waals surface area contributed by atoms with E-state index in [4.69, 9.17) is 10.5 Å². The molecule has 2 aromatic heterocycles. The highest BCUT2D eigenvalue weighted by molar-refractivity contribution is 5.90. The summed E-state index contributed by atoms with van der Waals surface area (Å²) in [5, 5.41) is 5.44. The summed E-state index contributed by atoms with van der Waals surface area (Å²) in [6.45, 7) is 9.58. The molecule has 0 aliphatic carbocycles. The Labute approximate surface area is 176 Å². The van der Waals surface area contributed by atoms with Gasteiger partial charge in [-0.15, -0.1) is 5.10 Å². The molecular weight excluding hydrogens is 380 g/mol. The first kappa shape index (κ1) is 20.0. The fraction of sp³-hybridized carbons (Fsp3) is 0.409. The van der Waals surface area contributed by atoms with Crippen molar-refractivity contribution in [3.05, 3.63) is 42.6 Å². The van der Waals surface area contributed by atoms with Crippen LogP contribution in [-0.4, -0.2) is 57.0 Å². The maximum atomic E-state index is 12.4. The SMILES string of the molecule is C[C@H]1CN(C(=O)OC(C)(C)C)CCN1c1cc(-n2nc(N)c3ccccc32)ccn1. The van der Waals surface area contributed by atoms with Gasteiger partial charge in [0.1, 0.15) is 11.4 Å². The number of para-hydroxylation sites is 1. The molecule has 1 fully saturated rings. The summed E-state index contributed by atoms with van der Waals surface area (Å²) < 4.78 is 7.36. The van der Waals surface area contributed by atoms with E-state index in [2.05, 4.69) is 21.9 Å². The van der Waals surface area contributed by atoms with Crippen LogP contribution in [0.5, 0.6) is 0 Å². The quantitative estimate of drug-likeness (QED) is 0.699. The molecule has 3 aromatic rings. The molecule has 0 spiro atoms. The third-order valence-electron chi connectivity index (χ3n) is 5.16. The predicted octanol–water partition coefficient (Wildman–Crippen LogP) is 3.45. The van der Waals surface area contributed by atoms with Crippen LogP contribution in [0, 0.1) is 0 Å². The van der Waals surface area contributed by atoms with Crippen molar-refractivity contribution in [2.45, 2.75) is 39.3 Å². The van der Waals surface area contributed by atoms with Crippen LogP contribution in [0.4, 0.5) is 16.4 Å². The minimum atomic E-state index is -0.498. The second kappa shape index (κ2) is 7.51. The number of carbonyl (C=O) groups is 1. The number of aromatic nitrogens is 3. The number of hydrogen-bond donors (Lipinski definition) is 1. The van der Waals surface area contributed by atoms with Gasteiger partial charge in [0.2, 0.25) is 0 Å². The Bertz CT molecular complexity index is 1070. The van der Waals surface area contributed by atoms with Crippen LogP contribution in [0.1, 0.15) is 27.7 Å². The Morgan fingerprint density at radius 2 is 1.97 bits per heavy atom. The summed E-state index contributed by atoms with van der Waals surface area (Å²) in [7, 11) is 0. The lowest BCUT2D eigenvalue weighted by Crippen LogP contribution is -2.54. The van der Waals surface area contributed by atoms with E-state index < -0.39 is 5.60 Å². The summed E-state index contributed by atoms with van der Waals surface area (Å²) >= 11 is 0. The van der Waals surface area contributed by atoms with E-state index in [0.717, 1.165) is 22.4 Å². The minimum Gasteiger partial charge on any atom is -0.444 e. The van der Waals surface area contributed by atoms with Gasteiger partial charge in [-0.05, 0) is 45.9 Å². The zero-order valence-corrected chi connectivity index (χ0v) is 17.9. The van der Waals surface area contributed by atoms with Crippen molar-refractivity contribution in [3.8, 4) is 5.69 Å². The zero-order chi connectivity index (χ0) is 21.5. The number of piperazine rings is 1. The van der Waals surface area contributed by atoms with E-state index in [1.54, 1.807) is 11.1 Å². The lowest BCUT2D eigenvalue weighted by Gasteiger charge is -2.40. The van der Waals surface area contributed by atoms with Gasteiger partial charge < -0.3 is 20.3 Å². The molecule has 0 radical (unpaired) electrons. The number of benzene rings is 1. The van der Waals surface area contributed by atoms with E-state index in [9.17, 15) is 4.79 Å². The first-order chi connectivity index (χ1) is 14.2. The van der Waals surface area contributed by atoms with Crippen molar-refractivity contribution < 1.29 is 9.53 Å². The fourth-order valence-corrected chi connectivity index (χ4v) is 3.77. The number of nitrogens with two attached hydrogens (primary N) is 1. The second-order valence-corrected chi connectivity index (χ2v) is 8.66. The molecule has 1 atom stereocenters. The molecule has 1 aromatic carbocycles. The first-order valence-corrected chi connectivity index (χ1v) is 10.2. The highest BCUT2D eigenvalue weighted by Crippen LogP contribution is 2.26. The van der Waals surface area contributed by atoms with Crippen LogP contribution in [0.3, 0.4) is 0 Å².